The van der Waals surface area contributed by atoms with Gasteiger partial charge in [-0.05, 0) is 31.1 Å². The Morgan fingerprint density at radius 3 is 3.14 bits per heavy atom. The Bertz CT molecular complexity index is 728. The molecule has 1 N–H and O–H groups in total. The highest BCUT2D eigenvalue weighted by atomic mass is 16.5. The molecule has 0 atom stereocenters. The van der Waals surface area contributed by atoms with Gasteiger partial charge in [-0.1, -0.05) is 19.0 Å². The molecule has 116 valence electrons. The van der Waals surface area contributed by atoms with Gasteiger partial charge < -0.3 is 9.42 Å². The number of hydrogen-bond acceptors (Lipinski definition) is 4. The number of carbonyl (C=O) groups excluding carboxylic acids is 1. The average molecular weight is 300 g/mol. The number of nitrogens with one attached hydrogen (secondary N) is 1. The Kier molecular flexibility index (Phi) is 2.89. The average Bonchev–Trinajstić information content (AvgIpc) is 3.10. The Morgan fingerprint density at radius 1 is 1.41 bits per heavy atom. The molecule has 0 radical (unpaired) electrons. The highest BCUT2D eigenvalue weighted by molar-refractivity contribution is 6.06. The standard InChI is InChI=1S/C16H20N4O2/c1-16(2)6-5-13-10(8-16)14(19-22-13)15(21)20-7-3-4-11-12(20)9-17-18-11/h9H,3-8H2,1-2H3,(H,17,18). The summed E-state index contributed by atoms with van der Waals surface area (Å²) in [6.07, 6.45) is 6.37. The number of aromatic nitrogens is 3. The van der Waals surface area contributed by atoms with Gasteiger partial charge in [-0.3, -0.25) is 9.89 Å². The molecule has 2 aliphatic rings. The summed E-state index contributed by atoms with van der Waals surface area (Å²) in [5, 5.41) is 11.1. The molecule has 1 aliphatic carbocycles. The molecule has 4 rings (SSSR count). The molecule has 22 heavy (non-hydrogen) atoms. The lowest BCUT2D eigenvalue weighted by Gasteiger charge is -2.29. The van der Waals surface area contributed by atoms with Gasteiger partial charge in [-0.2, -0.15) is 5.10 Å². The van der Waals surface area contributed by atoms with Crippen LogP contribution in [0.3, 0.4) is 0 Å². The summed E-state index contributed by atoms with van der Waals surface area (Å²) < 4.78 is 5.44. The van der Waals surface area contributed by atoms with Crippen molar-refractivity contribution in [3.05, 3.63) is 28.9 Å². The maximum Gasteiger partial charge on any atom is 0.280 e. The van der Waals surface area contributed by atoms with E-state index in [2.05, 4.69) is 29.2 Å². The lowest BCUT2D eigenvalue weighted by molar-refractivity contribution is 0.0975. The summed E-state index contributed by atoms with van der Waals surface area (Å²) in [5.74, 6) is 0.817. The number of aromatic amines is 1. The second kappa shape index (κ2) is 4.69. The number of anilines is 1. The number of rotatable bonds is 1. The molecule has 3 heterocycles. The molecule has 0 unspecified atom stereocenters. The fraction of sp³-hybridized carbons (Fsp3) is 0.562. The number of H-pyrrole nitrogens is 1. The number of nitrogens with zero attached hydrogens (tertiary/aromatic N) is 3. The zero-order valence-corrected chi connectivity index (χ0v) is 13.0. The number of amides is 1. The van der Waals surface area contributed by atoms with Gasteiger partial charge in [0.25, 0.3) is 5.91 Å². The van der Waals surface area contributed by atoms with E-state index < -0.39 is 0 Å². The Hall–Kier alpha value is -2.11. The van der Waals surface area contributed by atoms with Crippen LogP contribution >= 0.6 is 0 Å². The van der Waals surface area contributed by atoms with Gasteiger partial charge in [-0.25, -0.2) is 0 Å². The van der Waals surface area contributed by atoms with Crippen LogP contribution in [0, 0.1) is 5.41 Å². The third-order valence-corrected chi connectivity index (χ3v) is 4.80. The fourth-order valence-electron chi connectivity index (χ4n) is 3.51. The largest absolute Gasteiger partial charge is 0.360 e. The van der Waals surface area contributed by atoms with E-state index in [1.165, 1.54) is 0 Å². The van der Waals surface area contributed by atoms with Crippen LogP contribution < -0.4 is 4.90 Å². The molecule has 1 amide bonds. The van der Waals surface area contributed by atoms with Crippen molar-refractivity contribution in [1.82, 2.24) is 15.4 Å². The smallest absolute Gasteiger partial charge is 0.280 e. The first-order chi connectivity index (χ1) is 10.6. The highest BCUT2D eigenvalue weighted by Crippen LogP contribution is 2.37. The van der Waals surface area contributed by atoms with Crippen LogP contribution in [0.5, 0.6) is 0 Å². The Morgan fingerprint density at radius 2 is 2.27 bits per heavy atom. The van der Waals surface area contributed by atoms with E-state index in [9.17, 15) is 4.79 Å². The van der Waals surface area contributed by atoms with E-state index in [0.29, 0.717) is 12.2 Å². The molecule has 0 fully saturated rings. The molecule has 6 heteroatoms. The normalized spacial score (nSPS) is 19.6. The minimum atomic E-state index is -0.0648. The summed E-state index contributed by atoms with van der Waals surface area (Å²) in [6.45, 7) is 5.16. The fourth-order valence-corrected chi connectivity index (χ4v) is 3.51. The molecule has 0 spiro atoms. The van der Waals surface area contributed by atoms with Crippen LogP contribution in [0.25, 0.3) is 0 Å². The second-order valence-electron chi connectivity index (χ2n) is 7.07. The highest BCUT2D eigenvalue weighted by Gasteiger charge is 2.35. The first-order valence-corrected chi connectivity index (χ1v) is 7.87. The molecule has 0 aromatic carbocycles. The predicted molar refractivity (Wildman–Crippen MR) is 80.9 cm³/mol. The number of hydrogen-bond donors (Lipinski definition) is 1. The third-order valence-electron chi connectivity index (χ3n) is 4.80. The van der Waals surface area contributed by atoms with Crippen LogP contribution in [0.1, 0.15) is 54.2 Å². The topological polar surface area (TPSA) is 75.0 Å². The van der Waals surface area contributed by atoms with Gasteiger partial charge in [0.05, 0.1) is 17.6 Å². The van der Waals surface area contributed by atoms with Crippen molar-refractivity contribution in [2.45, 2.75) is 46.0 Å². The first kappa shape index (κ1) is 13.5. The monoisotopic (exact) mass is 300 g/mol. The summed E-state index contributed by atoms with van der Waals surface area (Å²) in [4.78, 5) is 14.7. The van der Waals surface area contributed by atoms with Gasteiger partial charge in [0, 0.05) is 18.5 Å². The number of aryl methyl sites for hydroxylation is 2. The van der Waals surface area contributed by atoms with E-state index >= 15 is 0 Å². The minimum Gasteiger partial charge on any atom is -0.360 e. The quantitative estimate of drug-likeness (QED) is 0.878. The van der Waals surface area contributed by atoms with Crippen LogP contribution in [0.2, 0.25) is 0 Å². The summed E-state index contributed by atoms with van der Waals surface area (Å²) in [6, 6.07) is 0. The van der Waals surface area contributed by atoms with Crippen molar-refractivity contribution in [3.63, 3.8) is 0 Å². The second-order valence-corrected chi connectivity index (χ2v) is 7.07. The van der Waals surface area contributed by atoms with Crippen LogP contribution in [-0.4, -0.2) is 27.8 Å². The molecule has 0 saturated carbocycles. The van der Waals surface area contributed by atoms with E-state index in [0.717, 1.165) is 54.8 Å². The van der Waals surface area contributed by atoms with Crippen molar-refractivity contribution in [1.29, 1.82) is 0 Å². The van der Waals surface area contributed by atoms with Gasteiger partial charge in [-0.15, -0.1) is 0 Å². The maximum atomic E-state index is 13.0. The molecule has 1 aliphatic heterocycles. The van der Waals surface area contributed by atoms with Crippen molar-refractivity contribution in [3.8, 4) is 0 Å². The molecule has 2 aromatic rings. The molecule has 6 nitrogen and oxygen atoms in total. The van der Waals surface area contributed by atoms with Crippen molar-refractivity contribution in [2.75, 3.05) is 11.4 Å². The Balaban J connectivity index is 1.70. The van der Waals surface area contributed by atoms with Crippen LogP contribution in [-0.2, 0) is 19.3 Å². The molecular weight excluding hydrogens is 280 g/mol. The summed E-state index contributed by atoms with van der Waals surface area (Å²) in [7, 11) is 0. The van der Waals surface area contributed by atoms with E-state index in [1.54, 1.807) is 11.1 Å². The number of carbonyl (C=O) groups is 1. The lowest BCUT2D eigenvalue weighted by Crippen LogP contribution is -2.36. The predicted octanol–water partition coefficient (Wildman–Crippen LogP) is 2.51. The van der Waals surface area contributed by atoms with Gasteiger partial charge in [0.15, 0.2) is 5.69 Å². The minimum absolute atomic E-state index is 0.0648. The lowest BCUT2D eigenvalue weighted by atomic mass is 9.76. The van der Waals surface area contributed by atoms with Crippen molar-refractivity contribution >= 4 is 11.6 Å². The van der Waals surface area contributed by atoms with E-state index in [4.69, 9.17) is 4.52 Å². The molecular formula is C16H20N4O2. The number of fused-ring (bicyclic) bond motifs is 2. The van der Waals surface area contributed by atoms with Gasteiger partial charge in [0.2, 0.25) is 0 Å². The van der Waals surface area contributed by atoms with Crippen molar-refractivity contribution in [2.24, 2.45) is 5.41 Å². The molecule has 0 saturated heterocycles. The zero-order valence-electron chi connectivity index (χ0n) is 13.0. The third kappa shape index (κ3) is 2.05. The maximum absolute atomic E-state index is 13.0. The zero-order chi connectivity index (χ0) is 15.3. The van der Waals surface area contributed by atoms with Crippen molar-refractivity contribution < 1.29 is 9.32 Å². The summed E-state index contributed by atoms with van der Waals surface area (Å²) >= 11 is 0. The first-order valence-electron chi connectivity index (χ1n) is 7.87. The summed E-state index contributed by atoms with van der Waals surface area (Å²) in [5.41, 5.74) is 3.57. The van der Waals surface area contributed by atoms with Crippen LogP contribution in [0.15, 0.2) is 10.7 Å². The molecule has 0 bridgehead atoms. The van der Waals surface area contributed by atoms with E-state index in [-0.39, 0.29) is 11.3 Å². The molecule has 2 aromatic heterocycles. The Labute approximate surface area is 128 Å². The van der Waals surface area contributed by atoms with E-state index in [1.807, 2.05) is 0 Å². The van der Waals surface area contributed by atoms with Crippen LogP contribution in [0.4, 0.5) is 5.69 Å². The van der Waals surface area contributed by atoms with Gasteiger partial charge in [0.1, 0.15) is 5.76 Å². The SMILES string of the molecule is CC1(C)CCc2onc(C(=O)N3CCCc4[nH]ncc43)c2C1. The van der Waals surface area contributed by atoms with Gasteiger partial charge >= 0.3 is 0 Å².